The highest BCUT2D eigenvalue weighted by atomic mass is 16.2. The first-order chi connectivity index (χ1) is 16.8. The van der Waals surface area contributed by atoms with Crippen LogP contribution in [0, 0.1) is 11.8 Å². The van der Waals surface area contributed by atoms with Crippen molar-refractivity contribution < 1.29 is 4.79 Å². The standard InChI is InChI=1S/C26H36N6O3/c1-18(2)9-14-31-22(17-30-12-10-20(11-13-30)15-27-19(3)33)28-24-23(31)25(34)29-26(35)32(24)16-21-7-5-4-6-8-21/h4-8,18,20H,9-17H2,1-3H3,(H,27,33)(H,29,34,35). The highest BCUT2D eigenvalue weighted by Crippen LogP contribution is 2.21. The number of aryl methyl sites for hydroxylation is 1. The maximum Gasteiger partial charge on any atom is 0.330 e. The summed E-state index contributed by atoms with van der Waals surface area (Å²) >= 11 is 0. The number of imidazole rings is 1. The first kappa shape index (κ1) is 24.9. The van der Waals surface area contributed by atoms with Gasteiger partial charge >= 0.3 is 5.69 Å². The molecule has 188 valence electrons. The van der Waals surface area contributed by atoms with E-state index in [1.54, 1.807) is 11.5 Å². The zero-order valence-electron chi connectivity index (χ0n) is 20.9. The molecule has 9 heteroatoms. The maximum absolute atomic E-state index is 13.0. The summed E-state index contributed by atoms with van der Waals surface area (Å²) in [6, 6.07) is 9.74. The van der Waals surface area contributed by atoms with Crippen molar-refractivity contribution in [3.8, 4) is 0 Å². The van der Waals surface area contributed by atoms with E-state index in [2.05, 4.69) is 29.0 Å². The fraction of sp³-hybridized carbons (Fsp3) is 0.538. The fourth-order valence-electron chi connectivity index (χ4n) is 4.72. The van der Waals surface area contributed by atoms with E-state index < -0.39 is 5.69 Å². The molecular formula is C26H36N6O3. The molecule has 0 atom stereocenters. The minimum absolute atomic E-state index is 0.0121. The number of nitrogens with zero attached hydrogens (tertiary/aromatic N) is 4. The molecule has 1 fully saturated rings. The summed E-state index contributed by atoms with van der Waals surface area (Å²) in [6.45, 7) is 10.1. The van der Waals surface area contributed by atoms with Gasteiger partial charge in [0.15, 0.2) is 11.2 Å². The molecule has 1 saturated heterocycles. The van der Waals surface area contributed by atoms with Crippen LogP contribution in [-0.2, 0) is 24.4 Å². The van der Waals surface area contributed by atoms with Crippen molar-refractivity contribution in [2.45, 2.75) is 59.7 Å². The third-order valence-corrected chi connectivity index (χ3v) is 6.79. The Kier molecular flexibility index (Phi) is 7.85. The third-order valence-electron chi connectivity index (χ3n) is 6.79. The molecule has 1 amide bonds. The Hall–Kier alpha value is -3.20. The summed E-state index contributed by atoms with van der Waals surface area (Å²) in [5.74, 6) is 1.78. The van der Waals surface area contributed by atoms with Crippen LogP contribution >= 0.6 is 0 Å². The SMILES string of the molecule is CC(=O)NCC1CCN(Cc2nc3c(c(=O)[nH]c(=O)n3Cc3ccccc3)n2CCC(C)C)CC1. The number of fused-ring (bicyclic) bond motifs is 1. The van der Waals surface area contributed by atoms with Gasteiger partial charge in [0.1, 0.15) is 5.82 Å². The van der Waals surface area contributed by atoms with E-state index in [-0.39, 0.29) is 11.5 Å². The van der Waals surface area contributed by atoms with Crippen molar-refractivity contribution in [1.29, 1.82) is 0 Å². The number of piperidine rings is 1. The Morgan fingerprint density at radius 3 is 2.49 bits per heavy atom. The Morgan fingerprint density at radius 2 is 1.83 bits per heavy atom. The lowest BCUT2D eigenvalue weighted by Gasteiger charge is -2.31. The lowest BCUT2D eigenvalue weighted by Crippen LogP contribution is -2.38. The quantitative estimate of drug-likeness (QED) is 0.489. The van der Waals surface area contributed by atoms with Crippen molar-refractivity contribution in [1.82, 2.24) is 29.3 Å². The second-order valence-corrected chi connectivity index (χ2v) is 10.0. The average molecular weight is 481 g/mol. The number of benzene rings is 1. The highest BCUT2D eigenvalue weighted by Gasteiger charge is 2.24. The molecule has 2 N–H and O–H groups in total. The predicted octanol–water partition coefficient (Wildman–Crippen LogP) is 2.33. The van der Waals surface area contributed by atoms with Gasteiger partial charge in [0, 0.05) is 20.0 Å². The fourth-order valence-corrected chi connectivity index (χ4v) is 4.72. The van der Waals surface area contributed by atoms with Crippen LogP contribution in [0.4, 0.5) is 0 Å². The molecule has 1 aliphatic rings. The first-order valence-corrected chi connectivity index (χ1v) is 12.5. The first-order valence-electron chi connectivity index (χ1n) is 12.5. The molecule has 0 spiro atoms. The highest BCUT2D eigenvalue weighted by molar-refractivity contribution is 5.72. The molecule has 35 heavy (non-hydrogen) atoms. The normalized spacial score (nSPS) is 15.2. The molecule has 0 radical (unpaired) electrons. The molecule has 0 saturated carbocycles. The van der Waals surface area contributed by atoms with Crippen LogP contribution in [0.3, 0.4) is 0 Å². The Morgan fingerprint density at radius 1 is 1.11 bits per heavy atom. The third kappa shape index (κ3) is 6.08. The van der Waals surface area contributed by atoms with Crippen LogP contribution in [0.2, 0.25) is 0 Å². The van der Waals surface area contributed by atoms with Gasteiger partial charge in [-0.2, -0.15) is 0 Å². The summed E-state index contributed by atoms with van der Waals surface area (Å²) in [6.07, 6.45) is 2.92. The summed E-state index contributed by atoms with van der Waals surface area (Å²) in [4.78, 5) is 46.8. The van der Waals surface area contributed by atoms with Crippen LogP contribution in [0.25, 0.3) is 11.2 Å². The number of hydrogen-bond donors (Lipinski definition) is 2. The number of likely N-dealkylation sites (tertiary alicyclic amines) is 1. The van der Waals surface area contributed by atoms with Gasteiger partial charge in [-0.15, -0.1) is 0 Å². The minimum atomic E-state index is -0.440. The van der Waals surface area contributed by atoms with Crippen LogP contribution in [0.1, 0.15) is 51.4 Å². The number of carbonyl (C=O) groups is 1. The van der Waals surface area contributed by atoms with E-state index in [9.17, 15) is 14.4 Å². The number of hydrogen-bond acceptors (Lipinski definition) is 5. The number of aromatic amines is 1. The van der Waals surface area contributed by atoms with Crippen molar-refractivity contribution in [2.24, 2.45) is 11.8 Å². The van der Waals surface area contributed by atoms with E-state index in [0.717, 1.165) is 50.3 Å². The smallest absolute Gasteiger partial charge is 0.330 e. The average Bonchev–Trinajstić information content (AvgIpc) is 3.19. The molecular weight excluding hydrogens is 444 g/mol. The predicted molar refractivity (Wildman–Crippen MR) is 136 cm³/mol. The number of carbonyl (C=O) groups excluding carboxylic acids is 1. The lowest BCUT2D eigenvalue weighted by atomic mass is 9.97. The van der Waals surface area contributed by atoms with Gasteiger partial charge in [-0.05, 0) is 49.8 Å². The summed E-state index contributed by atoms with van der Waals surface area (Å²) < 4.78 is 3.58. The molecule has 3 heterocycles. The van der Waals surface area contributed by atoms with E-state index in [4.69, 9.17) is 4.98 Å². The molecule has 9 nitrogen and oxygen atoms in total. The topological polar surface area (TPSA) is 105 Å². The summed E-state index contributed by atoms with van der Waals surface area (Å²) in [5, 5.41) is 2.93. The van der Waals surface area contributed by atoms with Gasteiger partial charge in [-0.3, -0.25) is 24.0 Å². The maximum atomic E-state index is 13.0. The van der Waals surface area contributed by atoms with Crippen LogP contribution in [0.15, 0.2) is 39.9 Å². The van der Waals surface area contributed by atoms with Gasteiger partial charge in [-0.1, -0.05) is 44.2 Å². The van der Waals surface area contributed by atoms with Crippen molar-refractivity contribution >= 4 is 17.1 Å². The molecule has 0 aliphatic carbocycles. The number of aromatic nitrogens is 4. The van der Waals surface area contributed by atoms with Gasteiger partial charge < -0.3 is 9.88 Å². The number of rotatable bonds is 9. The minimum Gasteiger partial charge on any atom is -0.356 e. The van der Waals surface area contributed by atoms with Crippen LogP contribution in [0.5, 0.6) is 0 Å². The lowest BCUT2D eigenvalue weighted by molar-refractivity contribution is -0.119. The van der Waals surface area contributed by atoms with Crippen molar-refractivity contribution in [2.75, 3.05) is 19.6 Å². The molecule has 3 aromatic rings. The molecule has 4 rings (SSSR count). The second-order valence-electron chi connectivity index (χ2n) is 10.0. The Balaban J connectivity index is 1.64. The zero-order valence-corrected chi connectivity index (χ0v) is 20.9. The van der Waals surface area contributed by atoms with Crippen LogP contribution in [-0.4, -0.2) is 49.5 Å². The molecule has 2 aromatic heterocycles. The van der Waals surface area contributed by atoms with Crippen LogP contribution < -0.4 is 16.6 Å². The molecule has 0 unspecified atom stereocenters. The van der Waals surface area contributed by atoms with E-state index in [1.807, 2.05) is 34.9 Å². The van der Waals surface area contributed by atoms with E-state index in [1.165, 1.54) is 0 Å². The Labute approximate surface area is 205 Å². The monoisotopic (exact) mass is 480 g/mol. The number of amides is 1. The largest absolute Gasteiger partial charge is 0.356 e. The van der Waals surface area contributed by atoms with E-state index in [0.29, 0.717) is 42.6 Å². The molecule has 0 bridgehead atoms. The molecule has 1 aromatic carbocycles. The van der Waals surface area contributed by atoms with Gasteiger partial charge in [-0.25, -0.2) is 9.78 Å². The van der Waals surface area contributed by atoms with Gasteiger partial charge in [0.25, 0.3) is 5.56 Å². The van der Waals surface area contributed by atoms with Gasteiger partial charge in [0.05, 0.1) is 13.1 Å². The number of nitrogens with one attached hydrogen (secondary N) is 2. The summed E-state index contributed by atoms with van der Waals surface area (Å²) in [5.41, 5.74) is 1.07. The zero-order chi connectivity index (χ0) is 24.9. The van der Waals surface area contributed by atoms with Crippen molar-refractivity contribution in [3.63, 3.8) is 0 Å². The number of H-pyrrole nitrogens is 1. The van der Waals surface area contributed by atoms with Gasteiger partial charge in [0.2, 0.25) is 5.91 Å². The summed E-state index contributed by atoms with van der Waals surface area (Å²) in [7, 11) is 0. The molecule has 1 aliphatic heterocycles. The second kappa shape index (κ2) is 11.0. The Bertz CT molecular complexity index is 1270. The van der Waals surface area contributed by atoms with E-state index >= 15 is 0 Å². The van der Waals surface area contributed by atoms with Crippen molar-refractivity contribution in [3.05, 3.63) is 62.6 Å².